The van der Waals surface area contributed by atoms with Crippen LogP contribution in [0.25, 0.3) is 16.5 Å². The lowest BCUT2D eigenvalue weighted by atomic mass is 10.1. The molecule has 6 nitrogen and oxygen atoms in total. The van der Waals surface area contributed by atoms with Gasteiger partial charge in [-0.05, 0) is 79.0 Å². The monoisotopic (exact) mass is 544 g/mol. The van der Waals surface area contributed by atoms with Crippen LogP contribution < -0.4 is 19.7 Å². The highest BCUT2D eigenvalue weighted by molar-refractivity contribution is 7.80. The van der Waals surface area contributed by atoms with E-state index in [1.807, 2.05) is 48.5 Å². The number of rotatable bonds is 4. The third kappa shape index (κ3) is 4.51. The number of anilines is 1. The Hall–Kier alpha value is -3.98. The summed E-state index contributed by atoms with van der Waals surface area (Å²) >= 11 is 13.0. The number of ether oxygens (including phenoxy) is 2. The molecule has 0 radical (unpaired) electrons. The average molecular weight is 545 g/mol. The maximum atomic E-state index is 13.5. The highest BCUT2D eigenvalue weighted by Gasteiger charge is 2.35. The minimum Gasteiger partial charge on any atom is -0.488 e. The van der Waals surface area contributed by atoms with E-state index in [2.05, 4.69) is 5.32 Å². The van der Waals surface area contributed by atoms with E-state index in [9.17, 15) is 9.59 Å². The summed E-state index contributed by atoms with van der Waals surface area (Å²) in [6.45, 7) is 0.400. The first-order valence-electron chi connectivity index (χ1n) is 11.3. The molecule has 2 aliphatic heterocycles. The Morgan fingerprint density at radius 2 is 1.76 bits per heavy atom. The maximum Gasteiger partial charge on any atom is 0.270 e. The van der Waals surface area contributed by atoms with Gasteiger partial charge in [0.05, 0.1) is 5.69 Å². The van der Waals surface area contributed by atoms with Crippen LogP contribution in [0.3, 0.4) is 0 Å². The molecule has 0 spiro atoms. The number of hydrogen-bond donors (Lipinski definition) is 1. The van der Waals surface area contributed by atoms with Crippen LogP contribution in [0.4, 0.5) is 5.69 Å². The van der Waals surface area contributed by atoms with Crippen LogP contribution >= 0.6 is 35.2 Å². The van der Waals surface area contributed by atoms with Crippen molar-refractivity contribution in [1.29, 1.82) is 0 Å². The summed E-state index contributed by atoms with van der Waals surface area (Å²) < 4.78 is 11.7. The van der Waals surface area contributed by atoms with Crippen LogP contribution in [0, 0.1) is 0 Å². The molecule has 0 unspecified atom stereocenters. The molecule has 9 heteroatoms. The fraction of sp³-hybridized carbons (Fsp3) is 0.0357. The molecular weight excluding hydrogens is 528 g/mol. The Bertz CT molecular complexity index is 1600. The topological polar surface area (TPSA) is 67.9 Å². The normalized spacial score (nSPS) is 15.6. The molecule has 1 saturated heterocycles. The van der Waals surface area contributed by atoms with Gasteiger partial charge in [0.1, 0.15) is 29.4 Å². The lowest BCUT2D eigenvalue weighted by molar-refractivity contribution is -0.122. The van der Waals surface area contributed by atoms with Gasteiger partial charge in [0.15, 0.2) is 5.11 Å². The second-order valence-corrected chi connectivity index (χ2v) is 10.2. The smallest absolute Gasteiger partial charge is 0.270 e. The zero-order valence-electron chi connectivity index (χ0n) is 19.1. The lowest BCUT2D eigenvalue weighted by Gasteiger charge is -2.28. The third-order valence-corrected chi connectivity index (χ3v) is 7.54. The molecule has 0 bridgehead atoms. The van der Waals surface area contributed by atoms with Gasteiger partial charge in [0.25, 0.3) is 11.8 Å². The van der Waals surface area contributed by atoms with Crippen molar-refractivity contribution in [3.8, 4) is 27.7 Å². The molecule has 6 rings (SSSR count). The molecule has 2 amide bonds. The van der Waals surface area contributed by atoms with E-state index in [1.54, 1.807) is 36.4 Å². The predicted octanol–water partition coefficient (Wildman–Crippen LogP) is 6.58. The van der Waals surface area contributed by atoms with Gasteiger partial charge in [0.2, 0.25) is 0 Å². The van der Waals surface area contributed by atoms with Crippen LogP contribution in [-0.2, 0) is 16.2 Å². The molecule has 0 aliphatic carbocycles. The summed E-state index contributed by atoms with van der Waals surface area (Å²) in [4.78, 5) is 29.3. The number of hydrogen-bond acceptors (Lipinski definition) is 6. The Balaban J connectivity index is 1.29. The van der Waals surface area contributed by atoms with Crippen LogP contribution in [-0.4, -0.2) is 16.9 Å². The predicted molar refractivity (Wildman–Crippen MR) is 148 cm³/mol. The summed E-state index contributed by atoms with van der Waals surface area (Å²) in [6, 6.07) is 23.7. The summed E-state index contributed by atoms with van der Waals surface area (Å²) in [5.74, 6) is 1.02. The summed E-state index contributed by atoms with van der Waals surface area (Å²) in [5.41, 5.74) is 2.37. The van der Waals surface area contributed by atoms with Gasteiger partial charge < -0.3 is 9.47 Å². The number of thiocarbonyl (C=S) groups is 1. The van der Waals surface area contributed by atoms with E-state index in [0.29, 0.717) is 28.8 Å². The number of halogens is 1. The van der Waals surface area contributed by atoms with E-state index in [-0.39, 0.29) is 10.7 Å². The van der Waals surface area contributed by atoms with Gasteiger partial charge in [-0.1, -0.05) is 29.8 Å². The third-order valence-electron chi connectivity index (χ3n) is 5.86. The van der Waals surface area contributed by atoms with Crippen LogP contribution in [0.15, 0.2) is 84.4 Å². The largest absolute Gasteiger partial charge is 0.488 e. The Labute approximate surface area is 226 Å². The van der Waals surface area contributed by atoms with Crippen LogP contribution in [0.1, 0.15) is 10.4 Å². The first-order valence-corrected chi connectivity index (χ1v) is 12.9. The van der Waals surface area contributed by atoms with Crippen LogP contribution in [0.2, 0.25) is 5.02 Å². The second kappa shape index (κ2) is 9.48. The number of nitrogens with zero attached hydrogens (tertiary/aromatic N) is 1. The first-order chi connectivity index (χ1) is 18.0. The highest BCUT2D eigenvalue weighted by Crippen LogP contribution is 2.44. The van der Waals surface area contributed by atoms with Crippen molar-refractivity contribution < 1.29 is 19.1 Å². The average Bonchev–Trinajstić information content (AvgIpc) is 3.31. The molecule has 0 saturated carbocycles. The zero-order chi connectivity index (χ0) is 25.5. The molecule has 3 aromatic carbocycles. The fourth-order valence-corrected chi connectivity index (χ4v) is 5.72. The summed E-state index contributed by atoms with van der Waals surface area (Å²) in [6.07, 6.45) is 1.59. The Kier molecular flexibility index (Phi) is 6.00. The standard InChI is InChI=1S/C28H17ClN2O4S2/c29-17-6-11-24-22(13-17)25-16(15-34-24)12-21(37-25)14-23-26(32)30-28(36)31(27(23)33)18-7-9-20(10-8-18)35-19-4-2-1-3-5-19/h1-14H,15H2,(H,30,32,36)/b23-14+. The number of nitrogens with one attached hydrogen (secondary N) is 1. The Morgan fingerprint density at radius 1 is 1.00 bits per heavy atom. The van der Waals surface area contributed by atoms with Crippen molar-refractivity contribution in [2.24, 2.45) is 0 Å². The van der Waals surface area contributed by atoms with Gasteiger partial charge in [0, 0.05) is 25.9 Å². The molecule has 1 N–H and O–H groups in total. The van der Waals surface area contributed by atoms with Crippen molar-refractivity contribution >= 4 is 63.8 Å². The number of carbonyl (C=O) groups excluding carboxylic acids is 2. The van der Waals surface area contributed by atoms with E-state index in [1.165, 1.54) is 16.2 Å². The number of fused-ring (bicyclic) bond motifs is 3. The minimum absolute atomic E-state index is 0.0101. The maximum absolute atomic E-state index is 13.5. The molecule has 4 aromatic rings. The summed E-state index contributed by atoms with van der Waals surface area (Å²) in [5, 5.41) is 3.25. The van der Waals surface area contributed by atoms with E-state index < -0.39 is 11.8 Å². The van der Waals surface area contributed by atoms with Gasteiger partial charge in [-0.2, -0.15) is 0 Å². The molecule has 0 atom stereocenters. The minimum atomic E-state index is -0.540. The van der Waals surface area contributed by atoms with Gasteiger partial charge in [-0.25, -0.2) is 0 Å². The number of carbonyl (C=O) groups is 2. The quantitative estimate of drug-likeness (QED) is 0.178. The van der Waals surface area contributed by atoms with E-state index in [4.69, 9.17) is 33.3 Å². The molecule has 1 aromatic heterocycles. The van der Waals surface area contributed by atoms with E-state index >= 15 is 0 Å². The summed E-state index contributed by atoms with van der Waals surface area (Å²) in [7, 11) is 0. The fourth-order valence-electron chi connectivity index (χ4n) is 4.14. The molecule has 3 heterocycles. The molecular formula is C28H17ClN2O4S2. The van der Waals surface area contributed by atoms with Gasteiger partial charge in [-0.15, -0.1) is 11.3 Å². The zero-order valence-corrected chi connectivity index (χ0v) is 21.5. The Morgan fingerprint density at radius 3 is 2.54 bits per heavy atom. The number of benzene rings is 3. The number of thiophene rings is 1. The highest BCUT2D eigenvalue weighted by atomic mass is 35.5. The van der Waals surface area contributed by atoms with Crippen molar-refractivity contribution in [1.82, 2.24) is 5.32 Å². The number of amides is 2. The molecule has 1 fully saturated rings. The van der Waals surface area contributed by atoms with Crippen molar-refractivity contribution in [2.75, 3.05) is 4.90 Å². The molecule has 182 valence electrons. The lowest BCUT2D eigenvalue weighted by Crippen LogP contribution is -2.54. The van der Waals surface area contributed by atoms with Gasteiger partial charge >= 0.3 is 0 Å². The van der Waals surface area contributed by atoms with E-state index in [0.717, 1.165) is 26.6 Å². The second-order valence-electron chi connectivity index (χ2n) is 8.30. The SMILES string of the molecule is O=C1NC(=S)N(c2ccc(Oc3ccccc3)cc2)C(=O)/C1=C/c1cc2c(s1)-c1cc(Cl)ccc1OC2. The van der Waals surface area contributed by atoms with Crippen molar-refractivity contribution in [2.45, 2.75) is 6.61 Å². The first kappa shape index (κ1) is 23.4. The van der Waals surface area contributed by atoms with Crippen molar-refractivity contribution in [3.05, 3.63) is 99.9 Å². The van der Waals surface area contributed by atoms with Crippen LogP contribution in [0.5, 0.6) is 17.2 Å². The molecule has 2 aliphatic rings. The molecule has 37 heavy (non-hydrogen) atoms. The number of para-hydroxylation sites is 1. The van der Waals surface area contributed by atoms with Gasteiger partial charge in [-0.3, -0.25) is 19.8 Å². The van der Waals surface area contributed by atoms with Crippen molar-refractivity contribution in [3.63, 3.8) is 0 Å².